The molecule has 1 rings (SSSR count). The Morgan fingerprint density at radius 2 is 2.11 bits per heavy atom. The van der Waals surface area contributed by atoms with Crippen molar-refractivity contribution in [3.8, 4) is 0 Å². The van der Waals surface area contributed by atoms with Gasteiger partial charge in [-0.05, 0) is 19.9 Å². The summed E-state index contributed by atoms with van der Waals surface area (Å²) in [5.74, 6) is 0.490. The molecule has 1 aromatic rings. The monoisotopic (exact) mass is 278 g/mol. The fourth-order valence-corrected chi connectivity index (χ4v) is 1.33. The predicted octanol–water partition coefficient (Wildman–Crippen LogP) is 1.82. The lowest BCUT2D eigenvalue weighted by molar-refractivity contribution is 0.0214. The number of halogens is 2. The average molecular weight is 278 g/mol. The molecule has 1 aromatic heterocycles. The first kappa shape index (κ1) is 15.8. The zero-order valence-electron chi connectivity index (χ0n) is 11.2. The summed E-state index contributed by atoms with van der Waals surface area (Å²) in [4.78, 5) is 0. The predicted molar refractivity (Wildman–Crippen MR) is 66.3 cm³/mol. The normalized spacial score (nSPS) is 12.9. The van der Waals surface area contributed by atoms with Crippen molar-refractivity contribution < 1.29 is 17.9 Å². The Morgan fingerprint density at radius 1 is 1.32 bits per heavy atom. The van der Waals surface area contributed by atoms with Gasteiger partial charge in [0.15, 0.2) is 0 Å². The van der Waals surface area contributed by atoms with Crippen LogP contribution in [0.5, 0.6) is 0 Å². The smallest absolute Gasteiger partial charge is 0.315 e. The van der Waals surface area contributed by atoms with Gasteiger partial charge in [-0.3, -0.25) is 0 Å². The van der Waals surface area contributed by atoms with Crippen molar-refractivity contribution in [3.05, 3.63) is 5.89 Å². The standard InChI is InChI=1S/C11H20F2N4O2/c1-3-4-14-8(2)10-16-17-11(19-10)15-5-6-18-7-9(12)13/h8-9,14H,3-7H2,1-2H3,(H,15,17). The van der Waals surface area contributed by atoms with Crippen LogP contribution in [0.2, 0.25) is 0 Å². The number of aromatic nitrogens is 2. The van der Waals surface area contributed by atoms with E-state index >= 15 is 0 Å². The van der Waals surface area contributed by atoms with Gasteiger partial charge in [-0.15, -0.1) is 5.10 Å². The summed E-state index contributed by atoms with van der Waals surface area (Å²) in [6, 6.07) is 0.249. The molecule has 1 atom stereocenters. The zero-order valence-corrected chi connectivity index (χ0v) is 11.2. The third kappa shape index (κ3) is 6.44. The lowest BCUT2D eigenvalue weighted by Gasteiger charge is -2.07. The fraction of sp³-hybridized carbons (Fsp3) is 0.818. The van der Waals surface area contributed by atoms with Gasteiger partial charge in [0.1, 0.15) is 6.61 Å². The van der Waals surface area contributed by atoms with Crippen LogP contribution in [0.3, 0.4) is 0 Å². The van der Waals surface area contributed by atoms with E-state index in [9.17, 15) is 8.78 Å². The van der Waals surface area contributed by atoms with Gasteiger partial charge in [0.2, 0.25) is 5.89 Å². The molecule has 1 heterocycles. The van der Waals surface area contributed by atoms with E-state index in [0.29, 0.717) is 12.4 Å². The number of ether oxygens (including phenoxy) is 1. The average Bonchev–Trinajstić information content (AvgIpc) is 2.84. The largest absolute Gasteiger partial charge is 0.406 e. The van der Waals surface area contributed by atoms with E-state index in [1.807, 2.05) is 6.92 Å². The van der Waals surface area contributed by atoms with E-state index in [0.717, 1.165) is 13.0 Å². The molecule has 0 fully saturated rings. The maximum atomic E-state index is 11.8. The van der Waals surface area contributed by atoms with Gasteiger partial charge in [0.05, 0.1) is 12.6 Å². The minimum absolute atomic E-state index is 0.0157. The highest BCUT2D eigenvalue weighted by Crippen LogP contribution is 2.13. The Kier molecular flexibility index (Phi) is 7.27. The highest BCUT2D eigenvalue weighted by molar-refractivity contribution is 5.16. The van der Waals surface area contributed by atoms with Crippen LogP contribution in [0.25, 0.3) is 0 Å². The Morgan fingerprint density at radius 3 is 2.79 bits per heavy atom. The van der Waals surface area contributed by atoms with Crippen LogP contribution in [-0.4, -0.2) is 42.9 Å². The first-order chi connectivity index (χ1) is 9.13. The number of nitrogens with one attached hydrogen (secondary N) is 2. The van der Waals surface area contributed by atoms with E-state index in [2.05, 4.69) is 27.8 Å². The highest BCUT2D eigenvalue weighted by Gasteiger charge is 2.12. The molecule has 1 unspecified atom stereocenters. The molecule has 0 aliphatic rings. The third-order valence-corrected chi connectivity index (χ3v) is 2.28. The van der Waals surface area contributed by atoms with E-state index in [-0.39, 0.29) is 18.7 Å². The number of alkyl halides is 2. The summed E-state index contributed by atoms with van der Waals surface area (Å²) in [6.07, 6.45) is -1.43. The van der Waals surface area contributed by atoms with E-state index in [1.54, 1.807) is 0 Å². The Bertz CT molecular complexity index is 349. The van der Waals surface area contributed by atoms with Crippen LogP contribution in [-0.2, 0) is 4.74 Å². The van der Waals surface area contributed by atoms with Crippen molar-refractivity contribution in [2.45, 2.75) is 32.7 Å². The minimum Gasteiger partial charge on any atom is -0.406 e. The lowest BCUT2D eigenvalue weighted by Crippen LogP contribution is -2.19. The molecule has 0 saturated carbocycles. The molecule has 0 bridgehead atoms. The van der Waals surface area contributed by atoms with Crippen molar-refractivity contribution >= 4 is 6.01 Å². The molecule has 110 valence electrons. The summed E-state index contributed by atoms with van der Waals surface area (Å²) in [6.45, 7) is 4.80. The minimum atomic E-state index is -2.44. The zero-order chi connectivity index (χ0) is 14.1. The molecular weight excluding hydrogens is 258 g/mol. The number of hydrogen-bond donors (Lipinski definition) is 2. The first-order valence-electron chi connectivity index (χ1n) is 6.30. The summed E-state index contributed by atoms with van der Waals surface area (Å²) in [5, 5.41) is 13.7. The molecule has 0 aliphatic carbocycles. The van der Waals surface area contributed by atoms with Crippen LogP contribution in [0, 0.1) is 0 Å². The molecule has 2 N–H and O–H groups in total. The van der Waals surface area contributed by atoms with Gasteiger partial charge < -0.3 is 19.8 Å². The molecule has 0 saturated heterocycles. The van der Waals surface area contributed by atoms with E-state index < -0.39 is 13.0 Å². The lowest BCUT2D eigenvalue weighted by atomic mass is 10.3. The summed E-state index contributed by atoms with van der Waals surface area (Å²) in [7, 11) is 0. The van der Waals surface area contributed by atoms with Crippen LogP contribution >= 0.6 is 0 Å². The number of hydrogen-bond acceptors (Lipinski definition) is 6. The second kappa shape index (κ2) is 8.76. The molecule has 19 heavy (non-hydrogen) atoms. The second-order valence-electron chi connectivity index (χ2n) is 4.01. The van der Waals surface area contributed by atoms with Crippen molar-refractivity contribution in [2.75, 3.05) is 31.6 Å². The molecule has 8 heteroatoms. The molecule has 0 radical (unpaired) electrons. The fourth-order valence-electron chi connectivity index (χ4n) is 1.33. The van der Waals surface area contributed by atoms with Gasteiger partial charge in [-0.25, -0.2) is 8.78 Å². The molecule has 6 nitrogen and oxygen atoms in total. The Balaban J connectivity index is 2.23. The number of anilines is 1. The second-order valence-corrected chi connectivity index (χ2v) is 4.01. The van der Waals surface area contributed by atoms with Gasteiger partial charge in [0, 0.05) is 6.54 Å². The summed E-state index contributed by atoms with van der Waals surface area (Å²) < 4.78 is 33.7. The summed E-state index contributed by atoms with van der Waals surface area (Å²) in [5.41, 5.74) is 0. The highest BCUT2D eigenvalue weighted by atomic mass is 19.3. The van der Waals surface area contributed by atoms with Crippen LogP contribution < -0.4 is 10.6 Å². The van der Waals surface area contributed by atoms with E-state index in [4.69, 9.17) is 9.15 Å². The quantitative estimate of drug-likeness (QED) is 0.636. The van der Waals surface area contributed by atoms with Gasteiger partial charge in [-0.2, -0.15) is 0 Å². The number of rotatable bonds is 10. The van der Waals surface area contributed by atoms with Crippen molar-refractivity contribution in [1.29, 1.82) is 0 Å². The first-order valence-corrected chi connectivity index (χ1v) is 6.30. The van der Waals surface area contributed by atoms with Crippen LogP contribution in [0.15, 0.2) is 4.42 Å². The molecule has 0 amide bonds. The third-order valence-electron chi connectivity index (χ3n) is 2.28. The van der Waals surface area contributed by atoms with Gasteiger partial charge in [-0.1, -0.05) is 12.0 Å². The van der Waals surface area contributed by atoms with Crippen molar-refractivity contribution in [2.24, 2.45) is 0 Å². The van der Waals surface area contributed by atoms with Crippen molar-refractivity contribution in [1.82, 2.24) is 15.5 Å². The Hall–Kier alpha value is -1.28. The van der Waals surface area contributed by atoms with Crippen LogP contribution in [0.1, 0.15) is 32.2 Å². The van der Waals surface area contributed by atoms with Gasteiger partial charge in [0.25, 0.3) is 6.43 Å². The number of nitrogens with zero attached hydrogens (tertiary/aromatic N) is 2. The van der Waals surface area contributed by atoms with Crippen LogP contribution in [0.4, 0.5) is 14.8 Å². The summed E-state index contributed by atoms with van der Waals surface area (Å²) >= 11 is 0. The Labute approximate surface area is 110 Å². The topological polar surface area (TPSA) is 72.2 Å². The maximum absolute atomic E-state index is 11.8. The molecule has 0 aromatic carbocycles. The van der Waals surface area contributed by atoms with Crippen molar-refractivity contribution in [3.63, 3.8) is 0 Å². The molecule has 0 aliphatic heterocycles. The molecule has 0 spiro atoms. The van der Waals surface area contributed by atoms with Gasteiger partial charge >= 0.3 is 6.01 Å². The van der Waals surface area contributed by atoms with E-state index in [1.165, 1.54) is 0 Å². The SMILES string of the molecule is CCCNC(C)c1nnc(NCCOCC(F)F)o1. The molecular formula is C11H20F2N4O2. The maximum Gasteiger partial charge on any atom is 0.315 e.